The van der Waals surface area contributed by atoms with Crippen molar-refractivity contribution in [1.29, 1.82) is 0 Å². The number of ether oxygens (including phenoxy) is 1. The average Bonchev–Trinajstić information content (AvgIpc) is 2.81. The molecule has 0 saturated carbocycles. The van der Waals surface area contributed by atoms with E-state index in [4.69, 9.17) is 5.73 Å². The van der Waals surface area contributed by atoms with Crippen LogP contribution in [0.4, 0.5) is 5.69 Å². The molecule has 0 aliphatic rings. The van der Waals surface area contributed by atoms with Gasteiger partial charge in [0.05, 0.1) is 19.0 Å². The maximum absolute atomic E-state index is 12.6. The van der Waals surface area contributed by atoms with Gasteiger partial charge in [-0.2, -0.15) is 5.10 Å². The van der Waals surface area contributed by atoms with Crippen molar-refractivity contribution in [3.8, 4) is 0 Å². The topological polar surface area (TPSA) is 90.4 Å². The van der Waals surface area contributed by atoms with E-state index in [0.29, 0.717) is 23.8 Å². The molecule has 21 heavy (non-hydrogen) atoms. The quantitative estimate of drug-likeness (QED) is 0.760. The van der Waals surface area contributed by atoms with Crippen LogP contribution in [0.3, 0.4) is 0 Å². The first-order chi connectivity index (χ1) is 9.94. The lowest BCUT2D eigenvalue weighted by Crippen LogP contribution is -2.40. The Kier molecular flexibility index (Phi) is 6.20. The number of esters is 1. The van der Waals surface area contributed by atoms with E-state index < -0.39 is 5.97 Å². The van der Waals surface area contributed by atoms with Gasteiger partial charge in [0, 0.05) is 13.6 Å². The van der Waals surface area contributed by atoms with Gasteiger partial charge in [-0.15, -0.1) is 0 Å². The molecule has 1 amide bonds. The third kappa shape index (κ3) is 4.21. The highest BCUT2D eigenvalue weighted by molar-refractivity contribution is 5.98. The van der Waals surface area contributed by atoms with E-state index in [9.17, 15) is 9.59 Å². The Labute approximate surface area is 125 Å². The number of carbonyl (C=O) groups is 2. The number of carbonyl (C=O) groups excluding carboxylic acids is 2. The molecule has 0 atom stereocenters. The van der Waals surface area contributed by atoms with Gasteiger partial charge in [0.25, 0.3) is 5.91 Å². The summed E-state index contributed by atoms with van der Waals surface area (Å²) in [5.41, 5.74) is 6.40. The molecule has 118 valence electrons. The van der Waals surface area contributed by atoms with Gasteiger partial charge >= 0.3 is 5.97 Å². The fourth-order valence-electron chi connectivity index (χ4n) is 2.16. The molecular formula is C14H24N4O3. The zero-order valence-electron chi connectivity index (χ0n) is 13.1. The number of nitrogen functional groups attached to an aromatic ring is 1. The number of anilines is 1. The first kappa shape index (κ1) is 17.0. The minimum absolute atomic E-state index is 0.0869. The maximum Gasteiger partial charge on any atom is 0.325 e. The van der Waals surface area contributed by atoms with Gasteiger partial charge in [0.1, 0.15) is 12.2 Å². The zero-order valence-corrected chi connectivity index (χ0v) is 13.1. The molecule has 0 bridgehead atoms. The molecule has 1 rings (SSSR count). The standard InChI is InChI=1S/C14H24N4O3/c1-5-10(6-2)8-18(9-12(19)21-4)14(20)13-11(15)7-16-17(13)3/h7,10H,5-6,8-9,15H2,1-4H3. The van der Waals surface area contributed by atoms with Crippen molar-refractivity contribution in [3.05, 3.63) is 11.9 Å². The van der Waals surface area contributed by atoms with Crippen molar-refractivity contribution in [3.63, 3.8) is 0 Å². The minimum atomic E-state index is -0.449. The largest absolute Gasteiger partial charge is 0.468 e. The molecule has 0 saturated heterocycles. The number of nitrogens with two attached hydrogens (primary N) is 1. The van der Waals surface area contributed by atoms with Crippen molar-refractivity contribution in [2.24, 2.45) is 13.0 Å². The fourth-order valence-corrected chi connectivity index (χ4v) is 2.16. The van der Waals surface area contributed by atoms with Crippen molar-refractivity contribution in [1.82, 2.24) is 14.7 Å². The zero-order chi connectivity index (χ0) is 16.0. The van der Waals surface area contributed by atoms with Crippen molar-refractivity contribution < 1.29 is 14.3 Å². The molecule has 7 heteroatoms. The van der Waals surface area contributed by atoms with Gasteiger partial charge < -0.3 is 15.4 Å². The fraction of sp³-hybridized carbons (Fsp3) is 0.643. The lowest BCUT2D eigenvalue weighted by molar-refractivity contribution is -0.141. The Morgan fingerprint density at radius 2 is 2.05 bits per heavy atom. The first-order valence-corrected chi connectivity index (χ1v) is 7.08. The summed E-state index contributed by atoms with van der Waals surface area (Å²) >= 11 is 0. The van der Waals surface area contributed by atoms with Gasteiger partial charge in [-0.1, -0.05) is 26.7 Å². The molecule has 0 aliphatic heterocycles. The molecule has 0 radical (unpaired) electrons. The third-order valence-electron chi connectivity index (χ3n) is 3.64. The van der Waals surface area contributed by atoms with Gasteiger partial charge in [-0.3, -0.25) is 14.3 Å². The number of aromatic nitrogens is 2. The Hall–Kier alpha value is -2.05. The number of methoxy groups -OCH3 is 1. The van der Waals surface area contributed by atoms with Crippen LogP contribution in [0.2, 0.25) is 0 Å². The van der Waals surface area contributed by atoms with Gasteiger partial charge in [0.2, 0.25) is 0 Å². The molecular weight excluding hydrogens is 272 g/mol. The number of amides is 1. The van der Waals surface area contributed by atoms with Crippen LogP contribution in [0.15, 0.2) is 6.20 Å². The van der Waals surface area contributed by atoms with Crippen LogP contribution in [0.25, 0.3) is 0 Å². The minimum Gasteiger partial charge on any atom is -0.468 e. The Morgan fingerprint density at radius 3 is 2.48 bits per heavy atom. The second-order valence-corrected chi connectivity index (χ2v) is 5.02. The number of hydrogen-bond acceptors (Lipinski definition) is 5. The summed E-state index contributed by atoms with van der Waals surface area (Å²) in [7, 11) is 2.96. The van der Waals surface area contributed by atoms with Crippen LogP contribution in [0.1, 0.15) is 37.2 Å². The lowest BCUT2D eigenvalue weighted by Gasteiger charge is -2.25. The van der Waals surface area contributed by atoms with Crippen molar-refractivity contribution in [2.45, 2.75) is 26.7 Å². The van der Waals surface area contributed by atoms with E-state index >= 15 is 0 Å². The molecule has 0 spiro atoms. The highest BCUT2D eigenvalue weighted by atomic mass is 16.5. The van der Waals surface area contributed by atoms with Crippen LogP contribution in [0.5, 0.6) is 0 Å². The molecule has 0 unspecified atom stereocenters. The van der Waals surface area contributed by atoms with E-state index in [0.717, 1.165) is 12.8 Å². The lowest BCUT2D eigenvalue weighted by atomic mass is 10.0. The van der Waals surface area contributed by atoms with Crippen LogP contribution < -0.4 is 5.73 Å². The van der Waals surface area contributed by atoms with E-state index in [1.54, 1.807) is 7.05 Å². The first-order valence-electron chi connectivity index (χ1n) is 7.08. The number of nitrogens with zero attached hydrogens (tertiary/aromatic N) is 3. The predicted molar refractivity (Wildman–Crippen MR) is 79.6 cm³/mol. The maximum atomic E-state index is 12.6. The highest BCUT2D eigenvalue weighted by Crippen LogP contribution is 2.16. The molecule has 2 N–H and O–H groups in total. The third-order valence-corrected chi connectivity index (χ3v) is 3.64. The molecule has 0 fully saturated rings. The molecule has 0 aliphatic carbocycles. The summed E-state index contributed by atoms with van der Waals surface area (Å²) in [5, 5.41) is 3.97. The van der Waals surface area contributed by atoms with E-state index in [-0.39, 0.29) is 12.5 Å². The number of hydrogen-bond donors (Lipinski definition) is 1. The SMILES string of the molecule is CCC(CC)CN(CC(=O)OC)C(=O)c1c(N)cnn1C. The summed E-state index contributed by atoms with van der Waals surface area (Å²) in [6, 6.07) is 0. The predicted octanol–water partition coefficient (Wildman–Crippen LogP) is 1.05. The molecule has 0 aromatic carbocycles. The van der Waals surface area contributed by atoms with Gasteiger partial charge in [-0.05, 0) is 5.92 Å². The summed E-state index contributed by atoms with van der Waals surface area (Å²) in [6.45, 7) is 4.53. The van der Waals surface area contributed by atoms with Crippen LogP contribution in [-0.2, 0) is 16.6 Å². The van der Waals surface area contributed by atoms with Crippen LogP contribution >= 0.6 is 0 Å². The Balaban J connectivity index is 2.99. The summed E-state index contributed by atoms with van der Waals surface area (Å²) in [6.07, 6.45) is 3.30. The van der Waals surface area contributed by atoms with Crippen LogP contribution in [0, 0.1) is 5.92 Å². The van der Waals surface area contributed by atoms with E-state index in [2.05, 4.69) is 23.7 Å². The van der Waals surface area contributed by atoms with E-state index in [1.165, 1.54) is 22.9 Å². The monoisotopic (exact) mass is 296 g/mol. The summed E-state index contributed by atoms with van der Waals surface area (Å²) in [4.78, 5) is 25.7. The summed E-state index contributed by atoms with van der Waals surface area (Å²) in [5.74, 6) is -0.423. The molecule has 7 nitrogen and oxygen atoms in total. The normalized spacial score (nSPS) is 10.7. The second-order valence-electron chi connectivity index (χ2n) is 5.02. The van der Waals surface area contributed by atoms with E-state index in [1.807, 2.05) is 0 Å². The Bertz CT molecular complexity index is 475. The second kappa shape index (κ2) is 7.66. The molecule has 1 heterocycles. The van der Waals surface area contributed by atoms with Crippen molar-refractivity contribution >= 4 is 17.6 Å². The van der Waals surface area contributed by atoms with Gasteiger partial charge in [0.15, 0.2) is 0 Å². The molecule has 1 aromatic heterocycles. The summed E-state index contributed by atoms with van der Waals surface area (Å²) < 4.78 is 6.10. The average molecular weight is 296 g/mol. The Morgan fingerprint density at radius 1 is 1.43 bits per heavy atom. The highest BCUT2D eigenvalue weighted by Gasteiger charge is 2.25. The smallest absolute Gasteiger partial charge is 0.325 e. The number of rotatable bonds is 7. The number of aryl methyl sites for hydroxylation is 1. The van der Waals surface area contributed by atoms with Crippen molar-refractivity contribution in [2.75, 3.05) is 25.9 Å². The van der Waals surface area contributed by atoms with Gasteiger partial charge in [-0.25, -0.2) is 0 Å². The molecule has 1 aromatic rings. The van der Waals surface area contributed by atoms with Crippen LogP contribution in [-0.4, -0.2) is 46.8 Å².